The summed E-state index contributed by atoms with van der Waals surface area (Å²) in [5.74, 6) is 0. The van der Waals surface area contributed by atoms with E-state index in [2.05, 4.69) is 47.7 Å². The third-order valence-corrected chi connectivity index (χ3v) is 4.08. The quantitative estimate of drug-likeness (QED) is 0.939. The third-order valence-electron chi connectivity index (χ3n) is 3.05. The second-order valence-corrected chi connectivity index (χ2v) is 6.80. The van der Waals surface area contributed by atoms with Crippen LogP contribution in [-0.2, 0) is 12.5 Å². The van der Waals surface area contributed by atoms with Crippen molar-refractivity contribution in [1.29, 1.82) is 0 Å². The van der Waals surface area contributed by atoms with Crippen molar-refractivity contribution < 1.29 is 0 Å². The van der Waals surface area contributed by atoms with E-state index in [0.717, 1.165) is 16.4 Å². The van der Waals surface area contributed by atoms with E-state index in [-0.39, 0.29) is 11.5 Å². The van der Waals surface area contributed by atoms with Gasteiger partial charge in [0.05, 0.1) is 11.7 Å². The van der Waals surface area contributed by atoms with Gasteiger partial charge in [0.15, 0.2) is 0 Å². The Morgan fingerprint density at radius 2 is 2.05 bits per heavy atom. The van der Waals surface area contributed by atoms with Crippen LogP contribution in [0.3, 0.4) is 0 Å². The van der Waals surface area contributed by atoms with E-state index in [1.54, 1.807) is 11.3 Å². The number of aryl methyl sites for hydroxylation is 2. The molecule has 0 aliphatic rings. The number of nitrogens with zero attached hydrogens (tertiary/aromatic N) is 3. The number of nitrogens with one attached hydrogen (secondary N) is 1. The van der Waals surface area contributed by atoms with Gasteiger partial charge in [-0.05, 0) is 14.0 Å². The summed E-state index contributed by atoms with van der Waals surface area (Å²) in [6, 6.07) is 0.113. The summed E-state index contributed by atoms with van der Waals surface area (Å²) in [5, 5.41) is 11.2. The summed E-state index contributed by atoms with van der Waals surface area (Å²) >= 11 is 1.70. The van der Waals surface area contributed by atoms with E-state index in [9.17, 15) is 0 Å². The highest BCUT2D eigenvalue weighted by Crippen LogP contribution is 2.32. The van der Waals surface area contributed by atoms with E-state index in [1.807, 2.05) is 25.7 Å². The van der Waals surface area contributed by atoms with Crippen LogP contribution in [0.4, 0.5) is 0 Å². The summed E-state index contributed by atoms with van der Waals surface area (Å²) in [6.07, 6.45) is 2.10. The van der Waals surface area contributed by atoms with Gasteiger partial charge in [0.2, 0.25) is 0 Å². The average molecular weight is 278 g/mol. The molecule has 2 aromatic heterocycles. The molecule has 1 unspecified atom stereocenters. The molecule has 0 saturated carbocycles. The molecule has 2 aromatic rings. The highest BCUT2D eigenvalue weighted by molar-refractivity contribution is 7.09. The first-order valence-electron chi connectivity index (χ1n) is 6.46. The maximum absolute atomic E-state index is 4.64. The van der Waals surface area contributed by atoms with Crippen molar-refractivity contribution >= 4 is 11.3 Å². The van der Waals surface area contributed by atoms with Gasteiger partial charge in [-0.2, -0.15) is 5.10 Å². The van der Waals surface area contributed by atoms with Crippen LogP contribution in [0.15, 0.2) is 11.6 Å². The molecule has 1 N–H and O–H groups in total. The number of hydrogen-bond donors (Lipinski definition) is 1. The van der Waals surface area contributed by atoms with Gasteiger partial charge in [-0.1, -0.05) is 20.8 Å². The molecule has 19 heavy (non-hydrogen) atoms. The number of thiazole rings is 1. The van der Waals surface area contributed by atoms with Gasteiger partial charge in [-0.3, -0.25) is 4.68 Å². The first-order valence-corrected chi connectivity index (χ1v) is 7.34. The standard InChI is InChI=1S/C14H22N4S/c1-9-8-19-13(16-9)11(15-5)10-7-18(6)17-12(10)14(2,3)4/h7-8,11,15H,1-6H3. The lowest BCUT2D eigenvalue weighted by atomic mass is 9.87. The molecule has 1 atom stereocenters. The second-order valence-electron chi connectivity index (χ2n) is 5.91. The predicted molar refractivity (Wildman–Crippen MR) is 79.7 cm³/mol. The molecule has 0 spiro atoms. The number of hydrogen-bond acceptors (Lipinski definition) is 4. The maximum Gasteiger partial charge on any atom is 0.114 e. The van der Waals surface area contributed by atoms with Gasteiger partial charge in [0.1, 0.15) is 5.01 Å². The molecule has 0 fully saturated rings. The van der Waals surface area contributed by atoms with Crippen LogP contribution in [0.25, 0.3) is 0 Å². The van der Waals surface area contributed by atoms with Crippen LogP contribution in [0.5, 0.6) is 0 Å². The molecular formula is C14H22N4S. The van der Waals surface area contributed by atoms with E-state index >= 15 is 0 Å². The van der Waals surface area contributed by atoms with Crippen LogP contribution >= 0.6 is 11.3 Å². The normalized spacial score (nSPS) is 13.8. The third kappa shape index (κ3) is 2.87. The molecular weight excluding hydrogens is 256 g/mol. The minimum absolute atomic E-state index is 0.0258. The Bertz CT molecular complexity index is 562. The Balaban J connectivity index is 2.50. The summed E-state index contributed by atoms with van der Waals surface area (Å²) in [7, 11) is 3.94. The van der Waals surface area contributed by atoms with Crippen molar-refractivity contribution in [3.8, 4) is 0 Å². The van der Waals surface area contributed by atoms with Crippen molar-refractivity contribution in [3.63, 3.8) is 0 Å². The van der Waals surface area contributed by atoms with Gasteiger partial charge in [-0.15, -0.1) is 11.3 Å². The summed E-state index contributed by atoms with van der Waals surface area (Å²) in [6.45, 7) is 8.61. The average Bonchev–Trinajstić information content (AvgIpc) is 2.86. The van der Waals surface area contributed by atoms with Crippen molar-refractivity contribution in [2.45, 2.75) is 39.2 Å². The smallest absolute Gasteiger partial charge is 0.114 e. The SMILES string of the molecule is CNC(c1nc(C)cs1)c1cn(C)nc1C(C)(C)C. The first kappa shape index (κ1) is 14.2. The maximum atomic E-state index is 4.64. The molecule has 5 heteroatoms. The number of aromatic nitrogens is 3. The fourth-order valence-corrected chi connectivity index (χ4v) is 3.14. The Kier molecular flexibility index (Phi) is 3.78. The molecule has 104 valence electrons. The van der Waals surface area contributed by atoms with Gasteiger partial charge >= 0.3 is 0 Å². The first-order chi connectivity index (χ1) is 8.82. The van der Waals surface area contributed by atoms with Gasteiger partial charge < -0.3 is 5.32 Å². The lowest BCUT2D eigenvalue weighted by Gasteiger charge is -2.21. The zero-order valence-electron chi connectivity index (χ0n) is 12.5. The zero-order valence-corrected chi connectivity index (χ0v) is 13.3. The Morgan fingerprint density at radius 1 is 1.37 bits per heavy atom. The molecule has 0 bridgehead atoms. The molecule has 2 heterocycles. The van der Waals surface area contributed by atoms with Gasteiger partial charge in [0.25, 0.3) is 0 Å². The molecule has 0 amide bonds. The van der Waals surface area contributed by atoms with E-state index in [4.69, 9.17) is 0 Å². The lowest BCUT2D eigenvalue weighted by molar-refractivity contribution is 0.539. The van der Waals surface area contributed by atoms with E-state index in [0.29, 0.717) is 0 Å². The van der Waals surface area contributed by atoms with Crippen LogP contribution in [0, 0.1) is 6.92 Å². The fourth-order valence-electron chi connectivity index (χ4n) is 2.22. The lowest BCUT2D eigenvalue weighted by Crippen LogP contribution is -2.22. The molecule has 4 nitrogen and oxygen atoms in total. The highest BCUT2D eigenvalue weighted by Gasteiger charge is 2.28. The van der Waals surface area contributed by atoms with Crippen molar-refractivity contribution in [1.82, 2.24) is 20.1 Å². The monoisotopic (exact) mass is 278 g/mol. The topological polar surface area (TPSA) is 42.7 Å². The van der Waals surface area contributed by atoms with Crippen molar-refractivity contribution in [2.75, 3.05) is 7.05 Å². The molecule has 2 rings (SSSR count). The van der Waals surface area contributed by atoms with E-state index in [1.165, 1.54) is 5.56 Å². The van der Waals surface area contributed by atoms with Crippen LogP contribution in [0.2, 0.25) is 0 Å². The minimum atomic E-state index is 0.0258. The number of rotatable bonds is 3. The van der Waals surface area contributed by atoms with Crippen molar-refractivity contribution in [2.24, 2.45) is 7.05 Å². The summed E-state index contributed by atoms with van der Waals surface area (Å²) < 4.78 is 1.89. The minimum Gasteiger partial charge on any atom is -0.307 e. The molecule has 0 aromatic carbocycles. The molecule has 0 aliphatic heterocycles. The van der Waals surface area contributed by atoms with Gasteiger partial charge in [0, 0.05) is 35.3 Å². The van der Waals surface area contributed by atoms with Crippen LogP contribution in [-0.4, -0.2) is 21.8 Å². The zero-order chi connectivity index (χ0) is 14.2. The second kappa shape index (κ2) is 5.06. The summed E-state index contributed by atoms with van der Waals surface area (Å²) in [4.78, 5) is 4.61. The Morgan fingerprint density at radius 3 is 2.53 bits per heavy atom. The molecule has 0 aliphatic carbocycles. The van der Waals surface area contributed by atoms with E-state index < -0.39 is 0 Å². The van der Waals surface area contributed by atoms with Crippen LogP contribution in [0.1, 0.15) is 48.8 Å². The highest BCUT2D eigenvalue weighted by atomic mass is 32.1. The summed E-state index contributed by atoms with van der Waals surface area (Å²) in [5.41, 5.74) is 3.44. The van der Waals surface area contributed by atoms with Crippen molar-refractivity contribution in [3.05, 3.63) is 33.5 Å². The molecule has 0 saturated heterocycles. The van der Waals surface area contributed by atoms with Gasteiger partial charge in [-0.25, -0.2) is 4.98 Å². The predicted octanol–water partition coefficient (Wildman–Crippen LogP) is 2.79. The molecule has 0 radical (unpaired) electrons. The fraction of sp³-hybridized carbons (Fsp3) is 0.571. The van der Waals surface area contributed by atoms with Crippen LogP contribution < -0.4 is 5.32 Å². The largest absolute Gasteiger partial charge is 0.307 e. The Labute approximate surface area is 118 Å². The Hall–Kier alpha value is -1.20.